The third kappa shape index (κ3) is 4.12. The maximum atomic E-state index is 6.49. The Hall–Kier alpha value is -5.32. The van der Waals surface area contributed by atoms with Gasteiger partial charge in [-0.25, -0.2) is 4.98 Å². The van der Waals surface area contributed by atoms with Crippen LogP contribution >= 0.6 is 11.6 Å². The van der Waals surface area contributed by atoms with Gasteiger partial charge in [0.1, 0.15) is 11.2 Å². The van der Waals surface area contributed by atoms with Crippen LogP contribution in [0.25, 0.3) is 77.7 Å². The van der Waals surface area contributed by atoms with Crippen molar-refractivity contribution in [2.24, 2.45) is 0 Å². The molecule has 0 saturated heterocycles. The molecule has 0 aliphatic heterocycles. The van der Waals surface area contributed by atoms with Gasteiger partial charge in [-0.1, -0.05) is 115 Å². The maximum Gasteiger partial charge on any atom is 0.226 e. The second-order valence-corrected chi connectivity index (χ2v) is 10.5. The number of benzene rings is 6. The van der Waals surface area contributed by atoms with Gasteiger partial charge in [0.15, 0.2) is 11.6 Å². The van der Waals surface area contributed by atoms with Gasteiger partial charge in [0.05, 0.1) is 0 Å². The van der Waals surface area contributed by atoms with Crippen LogP contribution in [0.3, 0.4) is 0 Å². The number of hydrogen-bond acceptors (Lipinski definition) is 4. The molecule has 0 aliphatic carbocycles. The molecule has 2 heterocycles. The average Bonchev–Trinajstić information content (AvgIpc) is 3.44. The molecule has 0 fully saturated rings. The monoisotopic (exact) mass is 559 g/mol. The first-order chi connectivity index (χ1) is 20.7. The number of fused-ring (bicyclic) bond motifs is 4. The van der Waals surface area contributed by atoms with Gasteiger partial charge < -0.3 is 4.42 Å². The summed E-state index contributed by atoms with van der Waals surface area (Å²) >= 11 is 6.49. The Morgan fingerprint density at radius 3 is 1.81 bits per heavy atom. The van der Waals surface area contributed by atoms with Gasteiger partial charge in [0.2, 0.25) is 5.28 Å². The van der Waals surface area contributed by atoms with E-state index in [1.54, 1.807) is 0 Å². The smallest absolute Gasteiger partial charge is 0.226 e. The molecule has 4 nitrogen and oxygen atoms in total. The van der Waals surface area contributed by atoms with Gasteiger partial charge in [-0.3, -0.25) is 0 Å². The molecule has 5 heteroatoms. The molecular weight excluding hydrogens is 538 g/mol. The molecule has 6 aromatic carbocycles. The van der Waals surface area contributed by atoms with E-state index in [0.29, 0.717) is 11.6 Å². The highest BCUT2D eigenvalue weighted by atomic mass is 35.5. The highest BCUT2D eigenvalue weighted by Crippen LogP contribution is 2.41. The van der Waals surface area contributed by atoms with Crippen molar-refractivity contribution in [2.45, 2.75) is 0 Å². The largest absolute Gasteiger partial charge is 0.456 e. The van der Waals surface area contributed by atoms with E-state index < -0.39 is 0 Å². The van der Waals surface area contributed by atoms with Crippen molar-refractivity contribution in [3.05, 3.63) is 139 Å². The Balaban J connectivity index is 1.26. The van der Waals surface area contributed by atoms with E-state index in [1.165, 1.54) is 0 Å². The summed E-state index contributed by atoms with van der Waals surface area (Å²) in [6.07, 6.45) is 0. The summed E-state index contributed by atoms with van der Waals surface area (Å²) in [6.45, 7) is 0. The van der Waals surface area contributed by atoms with E-state index in [4.69, 9.17) is 21.0 Å². The molecular formula is C37H22ClN3O. The van der Waals surface area contributed by atoms with Crippen molar-refractivity contribution < 1.29 is 4.42 Å². The molecule has 42 heavy (non-hydrogen) atoms. The van der Waals surface area contributed by atoms with Gasteiger partial charge in [-0.05, 0) is 62.8 Å². The fourth-order valence-electron chi connectivity index (χ4n) is 5.77. The Kier molecular flexibility index (Phi) is 5.80. The normalized spacial score (nSPS) is 11.5. The molecule has 0 atom stereocenters. The van der Waals surface area contributed by atoms with E-state index in [9.17, 15) is 0 Å². The summed E-state index contributed by atoms with van der Waals surface area (Å²) in [5, 5.41) is 4.49. The second-order valence-electron chi connectivity index (χ2n) is 10.2. The summed E-state index contributed by atoms with van der Waals surface area (Å²) in [7, 11) is 0. The van der Waals surface area contributed by atoms with Crippen LogP contribution in [0, 0.1) is 0 Å². The number of para-hydroxylation sites is 1. The standard InChI is InChI=1S/C37H22ClN3O/c38-37-40-35(25-19-17-24(18-20-25)23-9-2-1-3-10-23)39-36(41-37)30-22-21-28(26-11-4-5-12-27(26)30)29-14-8-16-33-34(29)31-13-6-7-15-32(31)42-33/h1-22H. The van der Waals surface area contributed by atoms with Crippen LogP contribution in [-0.2, 0) is 0 Å². The summed E-state index contributed by atoms with van der Waals surface area (Å²) in [6, 6.07) is 45.4. The topological polar surface area (TPSA) is 51.8 Å². The molecule has 0 saturated carbocycles. The Labute approximate surface area is 246 Å². The Morgan fingerprint density at radius 1 is 0.405 bits per heavy atom. The molecule has 0 bridgehead atoms. The molecule has 0 spiro atoms. The maximum absolute atomic E-state index is 6.49. The first kappa shape index (κ1) is 24.5. The molecule has 0 radical (unpaired) electrons. The van der Waals surface area contributed by atoms with Crippen LogP contribution in [0.5, 0.6) is 0 Å². The van der Waals surface area contributed by atoms with Crippen molar-refractivity contribution in [1.29, 1.82) is 0 Å². The van der Waals surface area contributed by atoms with Crippen LogP contribution in [-0.4, -0.2) is 15.0 Å². The zero-order chi connectivity index (χ0) is 28.0. The van der Waals surface area contributed by atoms with Crippen molar-refractivity contribution in [1.82, 2.24) is 15.0 Å². The van der Waals surface area contributed by atoms with E-state index in [-0.39, 0.29) is 5.28 Å². The van der Waals surface area contributed by atoms with Gasteiger partial charge in [-0.15, -0.1) is 0 Å². The van der Waals surface area contributed by atoms with Crippen LogP contribution in [0.1, 0.15) is 0 Å². The lowest BCUT2D eigenvalue weighted by Crippen LogP contribution is -1.98. The van der Waals surface area contributed by atoms with Gasteiger partial charge >= 0.3 is 0 Å². The first-order valence-electron chi connectivity index (χ1n) is 13.7. The van der Waals surface area contributed by atoms with Gasteiger partial charge in [0, 0.05) is 21.9 Å². The second kappa shape index (κ2) is 9.95. The van der Waals surface area contributed by atoms with Crippen molar-refractivity contribution in [2.75, 3.05) is 0 Å². The Bertz CT molecular complexity index is 2260. The lowest BCUT2D eigenvalue weighted by molar-refractivity contribution is 0.669. The number of halogens is 1. The van der Waals surface area contributed by atoms with Crippen molar-refractivity contribution >= 4 is 44.3 Å². The van der Waals surface area contributed by atoms with E-state index >= 15 is 0 Å². The molecule has 0 aliphatic rings. The SMILES string of the molecule is Clc1nc(-c2ccc(-c3ccccc3)cc2)nc(-c2ccc(-c3cccc4oc5ccccc5c34)c3ccccc23)n1. The zero-order valence-electron chi connectivity index (χ0n) is 22.3. The molecule has 0 unspecified atom stereocenters. The molecule has 8 rings (SSSR count). The first-order valence-corrected chi connectivity index (χ1v) is 14.1. The summed E-state index contributed by atoms with van der Waals surface area (Å²) in [5.41, 5.74) is 8.03. The third-order valence-electron chi connectivity index (χ3n) is 7.72. The fourth-order valence-corrected chi connectivity index (χ4v) is 5.93. The van der Waals surface area contributed by atoms with Crippen molar-refractivity contribution in [3.8, 4) is 45.0 Å². The summed E-state index contributed by atoms with van der Waals surface area (Å²) < 4.78 is 6.18. The number of aromatic nitrogens is 3. The molecule has 8 aromatic rings. The van der Waals surface area contributed by atoms with Crippen LogP contribution < -0.4 is 0 Å². The minimum atomic E-state index is 0.157. The highest BCUT2D eigenvalue weighted by molar-refractivity contribution is 6.28. The minimum Gasteiger partial charge on any atom is -0.456 e. The van der Waals surface area contributed by atoms with Crippen molar-refractivity contribution in [3.63, 3.8) is 0 Å². The predicted molar refractivity (Wildman–Crippen MR) is 171 cm³/mol. The quantitative estimate of drug-likeness (QED) is 0.215. The van der Waals surface area contributed by atoms with E-state index in [2.05, 4.69) is 76.7 Å². The number of nitrogens with zero attached hydrogens (tertiary/aromatic N) is 3. The fraction of sp³-hybridized carbons (Fsp3) is 0. The predicted octanol–water partition coefficient (Wildman–Crippen LogP) is 10.2. The number of rotatable bonds is 4. The summed E-state index contributed by atoms with van der Waals surface area (Å²) in [5.74, 6) is 1.07. The van der Waals surface area contributed by atoms with Gasteiger partial charge in [-0.2, -0.15) is 9.97 Å². The number of furan rings is 1. The molecule has 198 valence electrons. The van der Waals surface area contributed by atoms with E-state index in [1.807, 2.05) is 66.7 Å². The molecule has 0 N–H and O–H groups in total. The lowest BCUT2D eigenvalue weighted by atomic mass is 9.92. The number of hydrogen-bond donors (Lipinski definition) is 0. The highest BCUT2D eigenvalue weighted by Gasteiger charge is 2.17. The zero-order valence-corrected chi connectivity index (χ0v) is 23.1. The van der Waals surface area contributed by atoms with Crippen LogP contribution in [0.15, 0.2) is 138 Å². The lowest BCUT2D eigenvalue weighted by Gasteiger charge is -2.13. The Morgan fingerprint density at radius 2 is 1.00 bits per heavy atom. The van der Waals surface area contributed by atoms with Crippen LogP contribution in [0.2, 0.25) is 5.28 Å². The van der Waals surface area contributed by atoms with Crippen LogP contribution in [0.4, 0.5) is 0 Å². The molecule has 2 aromatic heterocycles. The third-order valence-corrected chi connectivity index (χ3v) is 7.89. The average molecular weight is 560 g/mol. The molecule has 0 amide bonds. The summed E-state index contributed by atoms with van der Waals surface area (Å²) in [4.78, 5) is 13.9. The minimum absolute atomic E-state index is 0.157. The van der Waals surface area contributed by atoms with E-state index in [0.717, 1.165) is 66.1 Å². The van der Waals surface area contributed by atoms with Gasteiger partial charge in [0.25, 0.3) is 0 Å².